The normalized spacial score (nSPS) is 13.9. The van der Waals surface area contributed by atoms with Gasteiger partial charge in [0.1, 0.15) is 0 Å². The van der Waals surface area contributed by atoms with Gasteiger partial charge in [0.05, 0.1) is 13.2 Å². The lowest BCUT2D eigenvalue weighted by molar-refractivity contribution is 0.134. The third-order valence-electron chi connectivity index (χ3n) is 2.80. The maximum Gasteiger partial charge on any atom is 0.257 e. The first-order chi connectivity index (χ1) is 8.36. The van der Waals surface area contributed by atoms with E-state index in [1.807, 2.05) is 18.2 Å². The zero-order valence-corrected chi connectivity index (χ0v) is 9.35. The van der Waals surface area contributed by atoms with E-state index in [0.717, 1.165) is 5.56 Å². The highest BCUT2D eigenvalue weighted by molar-refractivity contribution is 5.56. The smallest absolute Gasteiger partial charge is 0.257 e. The minimum Gasteiger partial charge on any atom is -0.372 e. The molecule has 2 N–H and O–H groups in total. The summed E-state index contributed by atoms with van der Waals surface area (Å²) in [6.07, 6.45) is 0.636. The maximum absolute atomic E-state index is 5.44. The third kappa shape index (κ3) is 1.94. The summed E-state index contributed by atoms with van der Waals surface area (Å²) in [5.41, 5.74) is 8.81. The second-order valence-corrected chi connectivity index (χ2v) is 4.03. The summed E-state index contributed by atoms with van der Waals surface area (Å²) in [5, 5.41) is 3.88. The van der Waals surface area contributed by atoms with E-state index < -0.39 is 0 Å². The fourth-order valence-electron chi connectivity index (χ4n) is 1.91. The van der Waals surface area contributed by atoms with Crippen LogP contribution in [-0.4, -0.2) is 16.7 Å². The van der Waals surface area contributed by atoms with Gasteiger partial charge in [-0.25, -0.2) is 0 Å². The van der Waals surface area contributed by atoms with Crippen LogP contribution in [-0.2, 0) is 24.4 Å². The van der Waals surface area contributed by atoms with Crippen molar-refractivity contribution in [3.8, 4) is 11.5 Å². The Labute approximate surface area is 98.6 Å². The van der Waals surface area contributed by atoms with Crippen molar-refractivity contribution in [2.75, 3.05) is 6.54 Å². The summed E-state index contributed by atoms with van der Waals surface area (Å²) in [6.45, 7) is 1.88. The molecule has 5 heteroatoms. The van der Waals surface area contributed by atoms with Crippen LogP contribution in [0.3, 0.4) is 0 Å². The topological polar surface area (TPSA) is 74.2 Å². The molecule has 0 amide bonds. The van der Waals surface area contributed by atoms with Gasteiger partial charge < -0.3 is 15.0 Å². The molecule has 0 atom stereocenters. The lowest BCUT2D eigenvalue weighted by Crippen LogP contribution is -2.03. The second kappa shape index (κ2) is 4.27. The third-order valence-corrected chi connectivity index (χ3v) is 2.80. The zero-order valence-electron chi connectivity index (χ0n) is 9.35. The van der Waals surface area contributed by atoms with Crippen molar-refractivity contribution in [2.24, 2.45) is 5.73 Å². The Morgan fingerprint density at radius 1 is 1.24 bits per heavy atom. The molecular weight excluding hydrogens is 218 g/mol. The summed E-state index contributed by atoms with van der Waals surface area (Å²) in [7, 11) is 0. The Balaban J connectivity index is 1.92. The molecule has 0 saturated heterocycles. The van der Waals surface area contributed by atoms with Crippen LogP contribution in [0.15, 0.2) is 22.7 Å². The van der Waals surface area contributed by atoms with Gasteiger partial charge in [0.15, 0.2) is 5.82 Å². The Morgan fingerprint density at radius 2 is 2.12 bits per heavy atom. The standard InChI is InChI=1S/C12H13N3O2/c13-4-3-11-14-12(17-15-11)8-1-2-9-6-16-7-10(9)5-8/h1-2,5H,3-4,6-7,13H2. The van der Waals surface area contributed by atoms with Gasteiger partial charge >= 0.3 is 0 Å². The summed E-state index contributed by atoms with van der Waals surface area (Å²) in [6, 6.07) is 6.07. The number of nitrogens with zero attached hydrogens (tertiary/aromatic N) is 2. The van der Waals surface area contributed by atoms with Crippen molar-refractivity contribution < 1.29 is 9.26 Å². The molecule has 0 spiro atoms. The van der Waals surface area contributed by atoms with Gasteiger partial charge in [-0.1, -0.05) is 11.2 Å². The fraction of sp³-hybridized carbons (Fsp3) is 0.333. The minimum absolute atomic E-state index is 0.525. The number of hydrogen-bond donors (Lipinski definition) is 1. The van der Waals surface area contributed by atoms with Crippen molar-refractivity contribution in [3.63, 3.8) is 0 Å². The SMILES string of the molecule is NCCc1noc(-c2ccc3c(c2)COC3)n1. The van der Waals surface area contributed by atoms with Gasteiger partial charge in [-0.3, -0.25) is 0 Å². The molecule has 3 rings (SSSR count). The molecule has 1 aromatic carbocycles. The number of fused-ring (bicyclic) bond motifs is 1. The van der Waals surface area contributed by atoms with Crippen LogP contribution >= 0.6 is 0 Å². The highest BCUT2D eigenvalue weighted by atomic mass is 16.5. The van der Waals surface area contributed by atoms with E-state index in [-0.39, 0.29) is 0 Å². The largest absolute Gasteiger partial charge is 0.372 e. The predicted octanol–water partition coefficient (Wildman–Crippen LogP) is 1.27. The number of rotatable bonds is 3. The Hall–Kier alpha value is -1.72. The molecule has 0 bridgehead atoms. The van der Waals surface area contributed by atoms with Gasteiger partial charge in [-0.05, 0) is 29.8 Å². The van der Waals surface area contributed by atoms with Crippen LogP contribution in [0.1, 0.15) is 17.0 Å². The van der Waals surface area contributed by atoms with Crippen molar-refractivity contribution >= 4 is 0 Å². The lowest BCUT2D eigenvalue weighted by atomic mass is 10.1. The van der Waals surface area contributed by atoms with E-state index >= 15 is 0 Å². The number of ether oxygens (including phenoxy) is 1. The van der Waals surface area contributed by atoms with E-state index in [4.69, 9.17) is 15.0 Å². The molecule has 5 nitrogen and oxygen atoms in total. The maximum atomic E-state index is 5.44. The monoisotopic (exact) mass is 231 g/mol. The van der Waals surface area contributed by atoms with Crippen molar-refractivity contribution in [3.05, 3.63) is 35.2 Å². The molecule has 1 aromatic heterocycles. The first kappa shape index (κ1) is 10.4. The average molecular weight is 231 g/mol. The Bertz CT molecular complexity index is 536. The molecule has 88 valence electrons. The molecular formula is C12H13N3O2. The number of hydrogen-bond acceptors (Lipinski definition) is 5. The highest BCUT2D eigenvalue weighted by Gasteiger charge is 2.14. The van der Waals surface area contributed by atoms with E-state index in [9.17, 15) is 0 Å². The van der Waals surface area contributed by atoms with Gasteiger partial charge in [-0.15, -0.1) is 0 Å². The summed E-state index contributed by atoms with van der Waals surface area (Å²) in [4.78, 5) is 4.30. The average Bonchev–Trinajstić information content (AvgIpc) is 2.96. The Morgan fingerprint density at radius 3 is 3.00 bits per heavy atom. The molecule has 2 heterocycles. The molecule has 0 saturated carbocycles. The number of aromatic nitrogens is 2. The van der Waals surface area contributed by atoms with E-state index in [2.05, 4.69) is 10.1 Å². The Kier molecular flexibility index (Phi) is 2.62. The van der Waals surface area contributed by atoms with Crippen LogP contribution in [0.5, 0.6) is 0 Å². The van der Waals surface area contributed by atoms with Crippen molar-refractivity contribution in [1.82, 2.24) is 10.1 Å². The molecule has 1 aliphatic heterocycles. The van der Waals surface area contributed by atoms with Crippen LogP contribution in [0.2, 0.25) is 0 Å². The number of benzene rings is 1. The first-order valence-corrected chi connectivity index (χ1v) is 5.59. The van der Waals surface area contributed by atoms with Crippen molar-refractivity contribution in [2.45, 2.75) is 19.6 Å². The van der Waals surface area contributed by atoms with E-state index in [0.29, 0.717) is 37.9 Å². The first-order valence-electron chi connectivity index (χ1n) is 5.59. The van der Waals surface area contributed by atoms with E-state index in [1.54, 1.807) is 0 Å². The molecule has 0 unspecified atom stereocenters. The highest BCUT2D eigenvalue weighted by Crippen LogP contribution is 2.25. The van der Waals surface area contributed by atoms with Gasteiger partial charge in [0.2, 0.25) is 0 Å². The molecule has 0 aliphatic carbocycles. The van der Waals surface area contributed by atoms with E-state index in [1.165, 1.54) is 11.1 Å². The second-order valence-electron chi connectivity index (χ2n) is 4.03. The summed E-state index contributed by atoms with van der Waals surface area (Å²) < 4.78 is 10.6. The minimum atomic E-state index is 0.525. The van der Waals surface area contributed by atoms with Crippen LogP contribution in [0.4, 0.5) is 0 Å². The van der Waals surface area contributed by atoms with Gasteiger partial charge in [0, 0.05) is 12.0 Å². The quantitative estimate of drug-likeness (QED) is 0.861. The van der Waals surface area contributed by atoms with Crippen LogP contribution in [0, 0.1) is 0 Å². The molecule has 1 aliphatic rings. The van der Waals surface area contributed by atoms with Crippen LogP contribution in [0.25, 0.3) is 11.5 Å². The molecule has 0 fully saturated rings. The lowest BCUT2D eigenvalue weighted by Gasteiger charge is -1.98. The van der Waals surface area contributed by atoms with Gasteiger partial charge in [0.25, 0.3) is 5.89 Å². The zero-order chi connectivity index (χ0) is 11.7. The van der Waals surface area contributed by atoms with Crippen molar-refractivity contribution in [1.29, 1.82) is 0 Å². The predicted molar refractivity (Wildman–Crippen MR) is 61.0 cm³/mol. The number of nitrogens with two attached hydrogens (primary N) is 1. The fourth-order valence-corrected chi connectivity index (χ4v) is 1.91. The molecule has 0 radical (unpaired) electrons. The molecule has 2 aromatic rings. The van der Waals surface area contributed by atoms with Crippen LogP contribution < -0.4 is 5.73 Å². The van der Waals surface area contributed by atoms with Gasteiger partial charge in [-0.2, -0.15) is 4.98 Å². The summed E-state index contributed by atoms with van der Waals surface area (Å²) in [5.74, 6) is 1.20. The summed E-state index contributed by atoms with van der Waals surface area (Å²) >= 11 is 0. The molecule has 17 heavy (non-hydrogen) atoms.